The second-order valence-electron chi connectivity index (χ2n) is 1.85. The predicted octanol–water partition coefficient (Wildman–Crippen LogP) is -0.0543. The second kappa shape index (κ2) is 1.65. The van der Waals surface area contributed by atoms with Crippen molar-refractivity contribution in [2.75, 3.05) is 6.54 Å². The summed E-state index contributed by atoms with van der Waals surface area (Å²) in [6.45, 7) is 0.889. The first-order chi connectivity index (χ1) is 3.21. The van der Waals surface area contributed by atoms with Crippen molar-refractivity contribution >= 4 is 12.6 Å². The fraction of sp³-hybridized carbons (Fsp3) is 1.00. The van der Waals surface area contributed by atoms with Crippen molar-refractivity contribution < 1.29 is 5.11 Å². The highest BCUT2D eigenvalue weighted by molar-refractivity contribution is 7.81. The molecule has 0 aromatic carbocycles. The quantitative estimate of drug-likeness (QED) is 0.308. The number of hydrogen-bond donors (Lipinski definition) is 3. The van der Waals surface area contributed by atoms with E-state index in [0.29, 0.717) is 0 Å². The molecule has 0 saturated carbocycles. The zero-order valence-corrected chi connectivity index (χ0v) is 4.91. The van der Waals surface area contributed by atoms with E-state index in [9.17, 15) is 0 Å². The zero-order valence-electron chi connectivity index (χ0n) is 4.02. The Morgan fingerprint density at radius 1 is 1.71 bits per heavy atom. The number of hydrogen-bond acceptors (Lipinski definition) is 3. The first kappa shape index (κ1) is 5.41. The van der Waals surface area contributed by atoms with E-state index in [1.54, 1.807) is 0 Å². The molecule has 0 radical (unpaired) electrons. The molecule has 0 aliphatic carbocycles. The summed E-state index contributed by atoms with van der Waals surface area (Å²) in [5.41, 5.74) is 0. The standard InChI is InChI=1S/C4H9NOS/c6-4(7)2-1-3-5-4/h5-7H,1-3H2. The van der Waals surface area contributed by atoms with Crippen LogP contribution in [0.2, 0.25) is 0 Å². The summed E-state index contributed by atoms with van der Waals surface area (Å²) < 4.78 is 0. The molecule has 1 unspecified atom stereocenters. The van der Waals surface area contributed by atoms with Gasteiger partial charge in [-0.1, -0.05) is 0 Å². The van der Waals surface area contributed by atoms with Crippen LogP contribution in [0.25, 0.3) is 0 Å². The van der Waals surface area contributed by atoms with Crippen LogP contribution in [0.1, 0.15) is 12.8 Å². The van der Waals surface area contributed by atoms with E-state index in [4.69, 9.17) is 5.11 Å². The first-order valence-corrected chi connectivity index (χ1v) is 2.85. The van der Waals surface area contributed by atoms with Gasteiger partial charge >= 0.3 is 0 Å². The summed E-state index contributed by atoms with van der Waals surface area (Å²) in [4.78, 5) is 0. The molecule has 0 amide bonds. The lowest BCUT2D eigenvalue weighted by Crippen LogP contribution is -2.32. The van der Waals surface area contributed by atoms with Gasteiger partial charge in [0.25, 0.3) is 0 Å². The number of rotatable bonds is 0. The molecule has 2 nitrogen and oxygen atoms in total. The Kier molecular flexibility index (Phi) is 1.28. The molecule has 0 spiro atoms. The monoisotopic (exact) mass is 119 g/mol. The molecule has 1 heterocycles. The van der Waals surface area contributed by atoms with Gasteiger partial charge in [0.2, 0.25) is 0 Å². The van der Waals surface area contributed by atoms with Crippen molar-refractivity contribution in [1.82, 2.24) is 5.32 Å². The predicted molar refractivity (Wildman–Crippen MR) is 31.2 cm³/mol. The van der Waals surface area contributed by atoms with Gasteiger partial charge in [-0.05, 0) is 13.0 Å². The Morgan fingerprint density at radius 3 is 2.57 bits per heavy atom. The highest BCUT2D eigenvalue weighted by atomic mass is 32.1. The smallest absolute Gasteiger partial charge is 0.161 e. The van der Waals surface area contributed by atoms with Gasteiger partial charge in [0.15, 0.2) is 5.06 Å². The number of nitrogens with one attached hydrogen (secondary N) is 1. The van der Waals surface area contributed by atoms with Gasteiger partial charge in [-0.25, -0.2) is 0 Å². The molecule has 2 N–H and O–H groups in total. The maximum absolute atomic E-state index is 8.95. The number of aliphatic hydroxyl groups is 1. The van der Waals surface area contributed by atoms with Crippen LogP contribution in [0.5, 0.6) is 0 Å². The van der Waals surface area contributed by atoms with E-state index < -0.39 is 5.06 Å². The molecule has 0 aromatic rings. The minimum absolute atomic E-state index is 0.760. The molecule has 7 heavy (non-hydrogen) atoms. The second-order valence-corrected chi connectivity index (χ2v) is 2.59. The van der Waals surface area contributed by atoms with Gasteiger partial charge in [-0.3, -0.25) is 5.32 Å². The van der Waals surface area contributed by atoms with Crippen LogP contribution in [-0.4, -0.2) is 16.7 Å². The van der Waals surface area contributed by atoms with Gasteiger partial charge in [-0.2, -0.15) is 0 Å². The molecule has 0 aromatic heterocycles. The fourth-order valence-corrected chi connectivity index (χ4v) is 0.982. The van der Waals surface area contributed by atoms with E-state index in [2.05, 4.69) is 17.9 Å². The highest BCUT2D eigenvalue weighted by Gasteiger charge is 2.24. The van der Waals surface area contributed by atoms with Crippen LogP contribution in [0, 0.1) is 0 Å². The fourth-order valence-electron chi connectivity index (χ4n) is 0.712. The molecule has 1 saturated heterocycles. The largest absolute Gasteiger partial charge is 0.367 e. The summed E-state index contributed by atoms with van der Waals surface area (Å²) in [7, 11) is 0. The van der Waals surface area contributed by atoms with Gasteiger partial charge in [0.1, 0.15) is 0 Å². The topological polar surface area (TPSA) is 32.3 Å². The number of thiol groups is 1. The summed E-state index contributed by atoms with van der Waals surface area (Å²) in [6.07, 6.45) is 1.79. The van der Waals surface area contributed by atoms with Crippen LogP contribution in [0.15, 0.2) is 0 Å². The maximum atomic E-state index is 8.95. The molecule has 1 atom stereocenters. The summed E-state index contributed by atoms with van der Waals surface area (Å²) >= 11 is 3.89. The lowest BCUT2D eigenvalue weighted by atomic mass is 10.4. The summed E-state index contributed by atoms with van der Waals surface area (Å²) in [5.74, 6) is 0. The lowest BCUT2D eigenvalue weighted by Gasteiger charge is -2.12. The van der Waals surface area contributed by atoms with Crippen molar-refractivity contribution in [2.24, 2.45) is 0 Å². The molecule has 1 rings (SSSR count). The average molecular weight is 119 g/mol. The summed E-state index contributed by atoms with van der Waals surface area (Å²) in [6, 6.07) is 0. The van der Waals surface area contributed by atoms with Crippen LogP contribution < -0.4 is 5.32 Å². The van der Waals surface area contributed by atoms with Gasteiger partial charge in [0.05, 0.1) is 0 Å². The van der Waals surface area contributed by atoms with Crippen molar-refractivity contribution in [3.63, 3.8) is 0 Å². The lowest BCUT2D eigenvalue weighted by molar-refractivity contribution is 0.125. The first-order valence-electron chi connectivity index (χ1n) is 2.40. The average Bonchev–Trinajstić information content (AvgIpc) is 1.84. The van der Waals surface area contributed by atoms with Crippen LogP contribution in [0.4, 0.5) is 0 Å². The van der Waals surface area contributed by atoms with Crippen molar-refractivity contribution in [3.05, 3.63) is 0 Å². The molecule has 42 valence electrons. The van der Waals surface area contributed by atoms with E-state index in [-0.39, 0.29) is 0 Å². The Hall–Kier alpha value is 0.270. The van der Waals surface area contributed by atoms with Crippen molar-refractivity contribution in [1.29, 1.82) is 0 Å². The van der Waals surface area contributed by atoms with Crippen LogP contribution in [0.3, 0.4) is 0 Å². The van der Waals surface area contributed by atoms with Crippen LogP contribution in [-0.2, 0) is 0 Å². The Bertz CT molecular complexity index is 66.1. The van der Waals surface area contributed by atoms with Crippen molar-refractivity contribution in [3.8, 4) is 0 Å². The Balaban J connectivity index is 2.40. The van der Waals surface area contributed by atoms with Gasteiger partial charge in [0, 0.05) is 6.42 Å². The molecule has 1 aliphatic rings. The minimum atomic E-state index is -0.861. The van der Waals surface area contributed by atoms with Gasteiger partial charge in [-0.15, -0.1) is 12.6 Å². The summed E-state index contributed by atoms with van der Waals surface area (Å²) in [5, 5.41) is 10.9. The third-order valence-corrected chi connectivity index (χ3v) is 1.49. The van der Waals surface area contributed by atoms with E-state index in [1.807, 2.05) is 0 Å². The molecular formula is C4H9NOS. The van der Waals surface area contributed by atoms with Gasteiger partial charge < -0.3 is 5.11 Å². The molecule has 1 aliphatic heterocycles. The molecular weight excluding hydrogens is 110 g/mol. The Labute approximate surface area is 48.3 Å². The molecule has 1 fully saturated rings. The Morgan fingerprint density at radius 2 is 2.43 bits per heavy atom. The third-order valence-electron chi connectivity index (χ3n) is 1.11. The molecule has 3 heteroatoms. The van der Waals surface area contributed by atoms with E-state index >= 15 is 0 Å². The highest BCUT2D eigenvalue weighted by Crippen LogP contribution is 2.18. The minimum Gasteiger partial charge on any atom is -0.367 e. The van der Waals surface area contributed by atoms with E-state index in [1.165, 1.54) is 0 Å². The zero-order chi connectivity index (χ0) is 5.33. The van der Waals surface area contributed by atoms with E-state index in [0.717, 1.165) is 19.4 Å². The maximum Gasteiger partial charge on any atom is 0.161 e. The SMILES string of the molecule is OC1(S)CCCN1. The normalized spacial score (nSPS) is 42.0. The van der Waals surface area contributed by atoms with Crippen LogP contribution >= 0.6 is 12.6 Å². The molecule has 0 bridgehead atoms. The van der Waals surface area contributed by atoms with Crippen molar-refractivity contribution in [2.45, 2.75) is 17.9 Å². The third kappa shape index (κ3) is 1.33.